The van der Waals surface area contributed by atoms with Gasteiger partial charge in [-0.2, -0.15) is 0 Å². The van der Waals surface area contributed by atoms with Crippen molar-refractivity contribution in [2.75, 3.05) is 25.7 Å². The maximum absolute atomic E-state index is 14.0. The van der Waals surface area contributed by atoms with E-state index in [9.17, 15) is 12.8 Å². The second-order valence-corrected chi connectivity index (χ2v) is 7.05. The van der Waals surface area contributed by atoms with Gasteiger partial charge in [-0.1, -0.05) is 13.0 Å². The average Bonchev–Trinajstić information content (AvgIpc) is 2.44. The zero-order valence-electron chi connectivity index (χ0n) is 12.1. The Morgan fingerprint density at radius 2 is 2.10 bits per heavy atom. The van der Waals surface area contributed by atoms with Gasteiger partial charge in [-0.15, -0.1) is 0 Å². The molecule has 0 radical (unpaired) electrons. The van der Waals surface area contributed by atoms with Gasteiger partial charge in [-0.25, -0.2) is 12.8 Å². The fraction of sp³-hybridized carbons (Fsp3) is 0.571. The van der Waals surface area contributed by atoms with Gasteiger partial charge in [0.1, 0.15) is 21.4 Å². The summed E-state index contributed by atoms with van der Waals surface area (Å²) in [6.45, 7) is 1.63. The molecule has 0 bridgehead atoms. The Balaban J connectivity index is 2.82. The molecular formula is C14H22FNO3S. The number of methoxy groups -OCH3 is 1. The van der Waals surface area contributed by atoms with E-state index in [4.69, 9.17) is 4.74 Å². The Kier molecular flexibility index (Phi) is 6.42. The van der Waals surface area contributed by atoms with Gasteiger partial charge in [-0.3, -0.25) is 0 Å². The number of ether oxygens (including phenoxy) is 1. The first-order valence-electron chi connectivity index (χ1n) is 6.65. The molecule has 6 heteroatoms. The normalized spacial score (nSPS) is 13.2. The molecule has 114 valence electrons. The van der Waals surface area contributed by atoms with Crippen LogP contribution < -0.4 is 10.1 Å². The molecule has 1 aromatic rings. The van der Waals surface area contributed by atoms with Crippen LogP contribution in [0.3, 0.4) is 0 Å². The highest BCUT2D eigenvalue weighted by atomic mass is 32.2. The van der Waals surface area contributed by atoms with Gasteiger partial charge in [0.05, 0.1) is 12.9 Å². The molecule has 0 aliphatic rings. The molecule has 0 saturated heterocycles. The summed E-state index contributed by atoms with van der Waals surface area (Å²) in [5.41, 5.74) is 0.450. The van der Waals surface area contributed by atoms with Crippen LogP contribution in [0.2, 0.25) is 0 Å². The van der Waals surface area contributed by atoms with Crippen molar-refractivity contribution in [1.82, 2.24) is 5.32 Å². The third-order valence-electron chi connectivity index (χ3n) is 3.32. The number of hydrogen-bond donors (Lipinski definition) is 1. The molecule has 0 aliphatic heterocycles. The Morgan fingerprint density at radius 1 is 1.40 bits per heavy atom. The van der Waals surface area contributed by atoms with Gasteiger partial charge in [0.2, 0.25) is 0 Å². The summed E-state index contributed by atoms with van der Waals surface area (Å²) >= 11 is 0. The lowest BCUT2D eigenvalue weighted by atomic mass is 10.0. The topological polar surface area (TPSA) is 55.4 Å². The van der Waals surface area contributed by atoms with E-state index in [1.54, 1.807) is 26.1 Å². The first-order chi connectivity index (χ1) is 9.45. The highest BCUT2D eigenvalue weighted by Crippen LogP contribution is 2.30. The van der Waals surface area contributed by atoms with Crippen molar-refractivity contribution < 1.29 is 17.5 Å². The fourth-order valence-electron chi connectivity index (χ4n) is 2.12. The summed E-state index contributed by atoms with van der Waals surface area (Å²) in [5.74, 6) is 0.392. The monoisotopic (exact) mass is 303 g/mol. The quantitative estimate of drug-likeness (QED) is 0.800. The van der Waals surface area contributed by atoms with Crippen LogP contribution in [0.15, 0.2) is 18.2 Å². The largest absolute Gasteiger partial charge is 0.496 e. The van der Waals surface area contributed by atoms with Gasteiger partial charge in [0, 0.05) is 17.4 Å². The van der Waals surface area contributed by atoms with E-state index in [0.29, 0.717) is 24.2 Å². The minimum atomic E-state index is -2.98. The average molecular weight is 303 g/mol. The van der Waals surface area contributed by atoms with Crippen molar-refractivity contribution in [3.63, 3.8) is 0 Å². The third kappa shape index (κ3) is 4.45. The van der Waals surface area contributed by atoms with Crippen molar-refractivity contribution in [1.29, 1.82) is 0 Å². The Labute approximate surface area is 120 Å². The van der Waals surface area contributed by atoms with Gasteiger partial charge in [0.25, 0.3) is 0 Å². The predicted octanol–water partition coefficient (Wildman–Crippen LogP) is 2.31. The van der Waals surface area contributed by atoms with E-state index in [2.05, 4.69) is 5.32 Å². The first-order valence-corrected chi connectivity index (χ1v) is 8.47. The van der Waals surface area contributed by atoms with E-state index in [-0.39, 0.29) is 23.4 Å². The fourth-order valence-corrected chi connectivity index (χ4v) is 3.01. The second kappa shape index (κ2) is 7.59. The minimum absolute atomic E-state index is 0.123. The lowest BCUT2D eigenvalue weighted by molar-refractivity contribution is 0.389. The summed E-state index contributed by atoms with van der Waals surface area (Å²) < 4.78 is 42.1. The summed E-state index contributed by atoms with van der Waals surface area (Å²) in [6.07, 6.45) is 1.02. The molecule has 1 aromatic carbocycles. The van der Waals surface area contributed by atoms with E-state index >= 15 is 0 Å². The lowest BCUT2D eigenvalue weighted by Gasteiger charge is -2.20. The second-order valence-electron chi connectivity index (χ2n) is 4.58. The highest BCUT2D eigenvalue weighted by molar-refractivity contribution is 7.91. The molecule has 20 heavy (non-hydrogen) atoms. The Hall–Kier alpha value is -1.14. The molecule has 0 aromatic heterocycles. The Bertz CT molecular complexity index is 531. The van der Waals surface area contributed by atoms with E-state index < -0.39 is 9.84 Å². The van der Waals surface area contributed by atoms with Crippen LogP contribution >= 0.6 is 0 Å². The standard InChI is InChI=1S/C14H22FNO3S/c1-4-20(17,18)10-6-8-12(16-2)14-11(15)7-5-9-13(14)19-3/h5,7,9,12,16H,4,6,8,10H2,1-3H3. The summed E-state index contributed by atoms with van der Waals surface area (Å²) in [6, 6.07) is 4.40. The molecule has 0 heterocycles. The first kappa shape index (κ1) is 16.9. The predicted molar refractivity (Wildman–Crippen MR) is 78.3 cm³/mol. The molecule has 0 saturated carbocycles. The van der Waals surface area contributed by atoms with Crippen LogP contribution in [0.1, 0.15) is 31.4 Å². The van der Waals surface area contributed by atoms with E-state index in [0.717, 1.165) is 0 Å². The van der Waals surface area contributed by atoms with Gasteiger partial charge in [0.15, 0.2) is 0 Å². The van der Waals surface area contributed by atoms with Crippen molar-refractivity contribution >= 4 is 9.84 Å². The van der Waals surface area contributed by atoms with Crippen LogP contribution in [0.4, 0.5) is 4.39 Å². The molecule has 0 spiro atoms. The summed E-state index contributed by atoms with van der Waals surface area (Å²) in [4.78, 5) is 0. The van der Waals surface area contributed by atoms with Crippen molar-refractivity contribution in [3.8, 4) is 5.75 Å². The number of benzene rings is 1. The number of halogens is 1. The molecule has 1 rings (SSSR count). The molecule has 1 unspecified atom stereocenters. The van der Waals surface area contributed by atoms with Crippen molar-refractivity contribution in [3.05, 3.63) is 29.6 Å². The molecule has 0 fully saturated rings. The van der Waals surface area contributed by atoms with E-state index in [1.807, 2.05) is 0 Å². The molecule has 0 amide bonds. The highest BCUT2D eigenvalue weighted by Gasteiger charge is 2.19. The SMILES string of the molecule is CCS(=O)(=O)CCCC(NC)c1c(F)cccc1OC. The number of rotatable bonds is 8. The molecular weight excluding hydrogens is 281 g/mol. The van der Waals surface area contributed by atoms with Crippen molar-refractivity contribution in [2.45, 2.75) is 25.8 Å². The number of nitrogens with one attached hydrogen (secondary N) is 1. The maximum atomic E-state index is 14.0. The molecule has 1 atom stereocenters. The van der Waals surface area contributed by atoms with E-state index in [1.165, 1.54) is 13.2 Å². The summed E-state index contributed by atoms with van der Waals surface area (Å²) in [5, 5.41) is 3.02. The zero-order valence-corrected chi connectivity index (χ0v) is 13.0. The Morgan fingerprint density at radius 3 is 2.65 bits per heavy atom. The molecule has 1 N–H and O–H groups in total. The van der Waals surface area contributed by atoms with Crippen LogP contribution in [0.5, 0.6) is 5.75 Å². The lowest BCUT2D eigenvalue weighted by Crippen LogP contribution is -2.20. The maximum Gasteiger partial charge on any atom is 0.150 e. The number of sulfone groups is 1. The van der Waals surface area contributed by atoms with Crippen molar-refractivity contribution in [2.24, 2.45) is 0 Å². The van der Waals surface area contributed by atoms with Crippen LogP contribution in [-0.2, 0) is 9.84 Å². The zero-order chi connectivity index (χ0) is 15.2. The molecule has 4 nitrogen and oxygen atoms in total. The summed E-state index contributed by atoms with van der Waals surface area (Å²) in [7, 11) is 0.235. The third-order valence-corrected chi connectivity index (χ3v) is 5.11. The van der Waals surface area contributed by atoms with Gasteiger partial charge in [-0.05, 0) is 32.0 Å². The minimum Gasteiger partial charge on any atom is -0.496 e. The van der Waals surface area contributed by atoms with Crippen LogP contribution in [-0.4, -0.2) is 34.1 Å². The van der Waals surface area contributed by atoms with Gasteiger partial charge < -0.3 is 10.1 Å². The number of hydrogen-bond acceptors (Lipinski definition) is 4. The van der Waals surface area contributed by atoms with Crippen LogP contribution in [0, 0.1) is 5.82 Å². The van der Waals surface area contributed by atoms with Gasteiger partial charge >= 0.3 is 0 Å². The molecule has 0 aliphatic carbocycles. The van der Waals surface area contributed by atoms with Crippen LogP contribution in [0.25, 0.3) is 0 Å². The smallest absolute Gasteiger partial charge is 0.150 e.